The van der Waals surface area contributed by atoms with E-state index in [9.17, 15) is 29.4 Å². The van der Waals surface area contributed by atoms with Crippen molar-refractivity contribution in [1.29, 1.82) is 0 Å². The Morgan fingerprint density at radius 3 is 2.55 bits per heavy atom. The van der Waals surface area contributed by atoms with Crippen LogP contribution in [0.2, 0.25) is 0 Å². The number of hydrogen-bond donors (Lipinski definition) is 4. The van der Waals surface area contributed by atoms with Crippen molar-refractivity contribution in [3.05, 3.63) is 77.3 Å². The minimum Gasteiger partial charge on any atom is -0.508 e. The molecule has 5 N–H and O–H groups in total. The van der Waals surface area contributed by atoms with Gasteiger partial charge in [0.25, 0.3) is 5.91 Å². The number of carbonyl (C=O) groups is 4. The summed E-state index contributed by atoms with van der Waals surface area (Å²) in [6.45, 7) is 0.965. The highest BCUT2D eigenvalue weighted by Crippen LogP contribution is 2.40. The quantitative estimate of drug-likeness (QED) is 0.173. The first kappa shape index (κ1) is 25.5. The number of aliphatic carboxylic acids is 1. The van der Waals surface area contributed by atoms with Crippen molar-refractivity contribution in [3.8, 4) is 5.75 Å². The van der Waals surface area contributed by atoms with Crippen LogP contribution in [-0.2, 0) is 32.3 Å². The van der Waals surface area contributed by atoms with Crippen molar-refractivity contribution in [2.75, 3.05) is 17.6 Å². The number of amides is 3. The zero-order valence-corrected chi connectivity index (χ0v) is 21.1. The number of nitrogens with zero attached hydrogens (tertiary/aromatic N) is 3. The lowest BCUT2D eigenvalue weighted by Crippen LogP contribution is -2.68. The van der Waals surface area contributed by atoms with E-state index in [2.05, 4.69) is 5.32 Å². The monoisotopic (exact) mass is 536 g/mol. The van der Waals surface area contributed by atoms with E-state index in [1.807, 2.05) is 12.1 Å². The molecule has 12 heteroatoms. The van der Waals surface area contributed by atoms with E-state index in [4.69, 9.17) is 5.73 Å². The third kappa shape index (κ3) is 5.00. The number of carbonyl (C=O) groups excluding carboxylic acids is 3. The molecule has 1 aromatic carbocycles. The summed E-state index contributed by atoms with van der Waals surface area (Å²) in [6.07, 6.45) is 5.60. The second kappa shape index (κ2) is 10.3. The van der Waals surface area contributed by atoms with E-state index in [-0.39, 0.29) is 35.2 Å². The van der Waals surface area contributed by atoms with Gasteiger partial charge in [-0.1, -0.05) is 0 Å². The van der Waals surface area contributed by atoms with E-state index in [0.717, 1.165) is 5.56 Å². The van der Waals surface area contributed by atoms with Crippen LogP contribution in [0, 0.1) is 0 Å². The number of likely N-dealkylation sites (tertiary alicyclic amines) is 1. The molecule has 0 unspecified atom stereocenters. The first-order chi connectivity index (χ1) is 18.2. The van der Waals surface area contributed by atoms with Crippen LogP contribution in [0.15, 0.2) is 71.7 Å². The molecule has 3 aliphatic heterocycles. The fraction of sp³-hybridized carbons (Fsp3) is 0.269. The average molecular weight is 537 g/mol. The number of rotatable bonds is 7. The molecule has 2 aromatic rings. The third-order valence-corrected chi connectivity index (χ3v) is 7.94. The Bertz CT molecular complexity index is 1370. The van der Waals surface area contributed by atoms with Gasteiger partial charge in [0.15, 0.2) is 12.4 Å². The highest BCUT2D eigenvalue weighted by atomic mass is 32.2. The van der Waals surface area contributed by atoms with Crippen LogP contribution in [0.5, 0.6) is 5.75 Å². The molecule has 3 aliphatic rings. The molecule has 11 nitrogen and oxygen atoms in total. The summed E-state index contributed by atoms with van der Waals surface area (Å²) in [7, 11) is 0. The third-order valence-electron chi connectivity index (χ3n) is 6.61. The maximum Gasteiger partial charge on any atom is 0.352 e. The Hall–Kier alpha value is -4.16. The SMILES string of the molecule is N[C@@H]1C(=O)N2C(C(=O)O)=C(C=C3CCN(Cc4cc[n+](CC(=O)Nc5ccc(O)cc5)cc4)C3=O)CS[C@H]12. The maximum atomic E-state index is 13.0. The van der Waals surface area contributed by atoms with Crippen LogP contribution in [0.1, 0.15) is 12.0 Å². The lowest BCUT2D eigenvalue weighted by Gasteiger charge is -2.47. The predicted molar refractivity (Wildman–Crippen MR) is 137 cm³/mol. The van der Waals surface area contributed by atoms with Crippen LogP contribution >= 0.6 is 11.8 Å². The maximum absolute atomic E-state index is 13.0. The van der Waals surface area contributed by atoms with Crippen LogP contribution in [0.3, 0.4) is 0 Å². The summed E-state index contributed by atoms with van der Waals surface area (Å²) in [5.41, 5.74) is 8.12. The molecule has 2 atom stereocenters. The molecule has 5 rings (SSSR count). The van der Waals surface area contributed by atoms with E-state index in [1.54, 1.807) is 40.1 Å². The lowest BCUT2D eigenvalue weighted by molar-refractivity contribution is -0.684. The van der Waals surface area contributed by atoms with Gasteiger partial charge in [-0.2, -0.15) is 4.57 Å². The second-order valence-corrected chi connectivity index (χ2v) is 10.3. The van der Waals surface area contributed by atoms with Crippen LogP contribution in [0.25, 0.3) is 0 Å². The number of phenols is 1. The number of anilines is 1. The number of phenolic OH excluding ortho intramolecular Hbond substituents is 1. The van der Waals surface area contributed by atoms with Gasteiger partial charge in [-0.15, -0.1) is 11.8 Å². The number of aromatic nitrogens is 1. The van der Waals surface area contributed by atoms with Gasteiger partial charge in [-0.25, -0.2) is 4.79 Å². The molecule has 0 saturated carbocycles. The number of pyridine rings is 1. The zero-order chi connectivity index (χ0) is 27.0. The number of nitrogens with one attached hydrogen (secondary N) is 1. The molecule has 3 amide bonds. The van der Waals surface area contributed by atoms with Gasteiger partial charge < -0.3 is 26.2 Å². The first-order valence-corrected chi connectivity index (χ1v) is 13.0. The van der Waals surface area contributed by atoms with Gasteiger partial charge >= 0.3 is 5.97 Å². The number of thioether (sulfide) groups is 1. The largest absolute Gasteiger partial charge is 0.508 e. The number of hydrogen-bond acceptors (Lipinski definition) is 7. The second-order valence-electron chi connectivity index (χ2n) is 9.23. The number of benzene rings is 1. The van der Waals surface area contributed by atoms with E-state index in [1.165, 1.54) is 28.8 Å². The molecule has 1 aromatic heterocycles. The Kier molecular flexibility index (Phi) is 6.91. The van der Waals surface area contributed by atoms with Crippen molar-refractivity contribution in [2.45, 2.75) is 30.9 Å². The minimum atomic E-state index is -1.21. The molecule has 2 fully saturated rings. The zero-order valence-electron chi connectivity index (χ0n) is 20.2. The smallest absolute Gasteiger partial charge is 0.352 e. The number of allylic oxidation sites excluding steroid dienone is 1. The van der Waals surface area contributed by atoms with E-state index < -0.39 is 17.9 Å². The molecular weight excluding hydrogens is 510 g/mol. The fourth-order valence-electron chi connectivity index (χ4n) is 4.64. The molecule has 38 heavy (non-hydrogen) atoms. The van der Waals surface area contributed by atoms with Gasteiger partial charge in [0.2, 0.25) is 18.4 Å². The number of carboxylic acids is 1. The normalized spacial score (nSPS) is 22.0. The molecule has 0 aliphatic carbocycles. The Morgan fingerprint density at radius 2 is 1.87 bits per heavy atom. The summed E-state index contributed by atoms with van der Waals surface area (Å²) < 4.78 is 1.72. The Balaban J connectivity index is 1.21. The van der Waals surface area contributed by atoms with Crippen LogP contribution in [-0.4, -0.2) is 67.4 Å². The van der Waals surface area contributed by atoms with E-state index in [0.29, 0.717) is 42.1 Å². The molecule has 4 heterocycles. The van der Waals surface area contributed by atoms with Crippen molar-refractivity contribution in [3.63, 3.8) is 0 Å². The number of β-lactam (4-membered cyclic amide) rings is 1. The minimum absolute atomic E-state index is 0.0961. The Morgan fingerprint density at radius 1 is 1.16 bits per heavy atom. The number of fused-ring (bicyclic) bond motifs is 1. The average Bonchev–Trinajstić information content (AvgIpc) is 3.24. The highest BCUT2D eigenvalue weighted by Gasteiger charge is 2.51. The molecule has 0 spiro atoms. The van der Waals surface area contributed by atoms with Crippen molar-refractivity contribution in [1.82, 2.24) is 9.80 Å². The number of nitrogens with two attached hydrogens (primary N) is 1. The molecule has 196 valence electrons. The standard InChI is InChI=1S/C26H25N5O6S/c27-21-24(35)31-22(26(36)37)17(14-38-25(21)31)11-16-7-10-30(23(16)34)12-15-5-8-29(9-6-15)13-20(33)28-18-1-3-19(32)4-2-18/h1-6,8-9,11,21,25H,7,10,12-14,27H2,(H2-,28,32,33,36,37)/p+1/t21-,25-/m1/s1. The number of aromatic hydroxyl groups is 1. The lowest BCUT2D eigenvalue weighted by atomic mass is 10.0. The van der Waals surface area contributed by atoms with Gasteiger partial charge in [0.05, 0.1) is 0 Å². The summed E-state index contributed by atoms with van der Waals surface area (Å²) >= 11 is 1.40. The molecule has 0 bridgehead atoms. The van der Waals surface area contributed by atoms with E-state index >= 15 is 0 Å². The number of carboxylic acid groups (broad SMARTS) is 1. The molecule has 0 radical (unpaired) electrons. The van der Waals surface area contributed by atoms with Crippen molar-refractivity contribution >= 4 is 41.1 Å². The summed E-state index contributed by atoms with van der Waals surface area (Å²) in [6, 6.07) is 9.18. The summed E-state index contributed by atoms with van der Waals surface area (Å²) in [5.74, 6) is -1.55. The Labute approximate surface area is 222 Å². The predicted octanol–water partition coefficient (Wildman–Crippen LogP) is 0.558. The molecular formula is C26H26N5O6S+. The molecule has 2 saturated heterocycles. The van der Waals surface area contributed by atoms with Gasteiger partial charge in [0, 0.05) is 42.2 Å². The van der Waals surface area contributed by atoms with Gasteiger partial charge in [-0.3, -0.25) is 19.3 Å². The van der Waals surface area contributed by atoms with Crippen LogP contribution in [0.4, 0.5) is 5.69 Å². The summed E-state index contributed by atoms with van der Waals surface area (Å²) in [4.78, 5) is 52.3. The van der Waals surface area contributed by atoms with Gasteiger partial charge in [0.1, 0.15) is 22.9 Å². The van der Waals surface area contributed by atoms with Crippen LogP contribution < -0.4 is 15.6 Å². The highest BCUT2D eigenvalue weighted by molar-refractivity contribution is 8.00. The summed E-state index contributed by atoms with van der Waals surface area (Å²) in [5, 5.41) is 21.4. The van der Waals surface area contributed by atoms with Gasteiger partial charge in [-0.05, 0) is 47.9 Å². The topological polar surface area (TPSA) is 157 Å². The first-order valence-electron chi connectivity index (χ1n) is 11.9. The fourth-order valence-corrected chi connectivity index (χ4v) is 5.90. The van der Waals surface area contributed by atoms with Crippen molar-refractivity contribution in [2.24, 2.45) is 5.73 Å². The van der Waals surface area contributed by atoms with Crippen molar-refractivity contribution < 1.29 is 34.0 Å².